The van der Waals surface area contributed by atoms with Gasteiger partial charge in [-0.25, -0.2) is 23.2 Å². The number of sulfonamides is 1. The van der Waals surface area contributed by atoms with E-state index in [1.807, 2.05) is 0 Å². The summed E-state index contributed by atoms with van der Waals surface area (Å²) in [6.45, 7) is 1.86. The lowest BCUT2D eigenvalue weighted by molar-refractivity contribution is -0.151. The first-order valence-corrected chi connectivity index (χ1v) is 14.8. The van der Waals surface area contributed by atoms with Gasteiger partial charge in [-0.05, 0) is 48.4 Å². The molecule has 0 radical (unpaired) electrons. The van der Waals surface area contributed by atoms with E-state index in [0.717, 1.165) is 42.7 Å². The van der Waals surface area contributed by atoms with Gasteiger partial charge in [0.25, 0.3) is 10.0 Å². The average Bonchev–Trinajstić information content (AvgIpc) is 3.65. The number of fused-ring (bicyclic) bond motifs is 1. The Kier molecular flexibility index (Phi) is 7.45. The molecule has 2 aromatic heterocycles. The van der Waals surface area contributed by atoms with Crippen LogP contribution in [-0.2, 0) is 30.8 Å². The SMILES string of the molecule is COC(=O)C(Cc1cc2ccnc(N)c2cc1Cl)N1CCC(NS(=O)(=O)c2cnc(N3CCCC3)s2)C1=O. The highest BCUT2D eigenvalue weighted by Crippen LogP contribution is 2.31. The van der Waals surface area contributed by atoms with Gasteiger partial charge in [-0.1, -0.05) is 22.9 Å². The predicted octanol–water partition coefficient (Wildman–Crippen LogP) is 2.19. The van der Waals surface area contributed by atoms with Gasteiger partial charge >= 0.3 is 5.97 Å². The van der Waals surface area contributed by atoms with Crippen LogP contribution in [0.4, 0.5) is 10.9 Å². The number of rotatable bonds is 8. The highest BCUT2D eigenvalue weighted by Gasteiger charge is 2.42. The molecule has 3 N–H and O–H groups in total. The maximum atomic E-state index is 13.3. The van der Waals surface area contributed by atoms with Crippen LogP contribution < -0.4 is 15.4 Å². The Morgan fingerprint density at radius 3 is 2.79 bits per heavy atom. The minimum Gasteiger partial charge on any atom is -0.467 e. The highest BCUT2D eigenvalue weighted by atomic mass is 35.5. The van der Waals surface area contributed by atoms with Crippen LogP contribution in [0, 0.1) is 0 Å². The molecule has 1 aromatic carbocycles. The van der Waals surface area contributed by atoms with Crippen LogP contribution in [0.1, 0.15) is 24.8 Å². The first-order valence-electron chi connectivity index (χ1n) is 12.1. The van der Waals surface area contributed by atoms with Crippen molar-refractivity contribution < 1.29 is 22.7 Å². The molecular formula is C24H27ClN6O5S2. The largest absolute Gasteiger partial charge is 0.467 e. The Morgan fingerprint density at radius 1 is 1.29 bits per heavy atom. The van der Waals surface area contributed by atoms with Gasteiger partial charge < -0.3 is 20.3 Å². The molecule has 2 fully saturated rings. The highest BCUT2D eigenvalue weighted by molar-refractivity contribution is 7.91. The van der Waals surface area contributed by atoms with E-state index >= 15 is 0 Å². The van der Waals surface area contributed by atoms with Crippen molar-refractivity contribution in [2.24, 2.45) is 0 Å². The zero-order valence-electron chi connectivity index (χ0n) is 20.6. The van der Waals surface area contributed by atoms with Crippen molar-refractivity contribution >= 4 is 66.6 Å². The molecule has 38 heavy (non-hydrogen) atoms. The number of likely N-dealkylation sites (tertiary alicyclic amines) is 1. The molecule has 2 atom stereocenters. The molecule has 4 heterocycles. The summed E-state index contributed by atoms with van der Waals surface area (Å²) in [7, 11) is -2.74. The Balaban J connectivity index is 1.34. The monoisotopic (exact) mass is 578 g/mol. The molecule has 0 aliphatic carbocycles. The van der Waals surface area contributed by atoms with Gasteiger partial charge in [-0.15, -0.1) is 0 Å². The quantitative estimate of drug-likeness (QED) is 0.384. The van der Waals surface area contributed by atoms with Gasteiger partial charge in [0.2, 0.25) is 5.91 Å². The Bertz CT molecular complexity index is 1490. The van der Waals surface area contributed by atoms with E-state index in [0.29, 0.717) is 26.9 Å². The number of thiazole rings is 1. The molecule has 1 amide bonds. The third kappa shape index (κ3) is 5.15. The van der Waals surface area contributed by atoms with Crippen molar-refractivity contribution in [3.8, 4) is 0 Å². The summed E-state index contributed by atoms with van der Waals surface area (Å²) >= 11 is 7.58. The fourth-order valence-electron chi connectivity index (χ4n) is 4.88. The fraction of sp³-hybridized carbons (Fsp3) is 0.417. The zero-order chi connectivity index (χ0) is 27.0. The molecule has 11 nitrogen and oxygen atoms in total. The van der Waals surface area contributed by atoms with E-state index in [1.165, 1.54) is 18.2 Å². The summed E-state index contributed by atoms with van der Waals surface area (Å²) in [5.74, 6) is -0.789. The van der Waals surface area contributed by atoms with Crippen LogP contribution in [0.3, 0.4) is 0 Å². The lowest BCUT2D eigenvalue weighted by Crippen LogP contribution is -2.48. The minimum atomic E-state index is -3.98. The number of carbonyl (C=O) groups excluding carboxylic acids is 2. The van der Waals surface area contributed by atoms with Gasteiger partial charge in [0.05, 0.1) is 13.3 Å². The number of methoxy groups -OCH3 is 1. The molecule has 0 saturated carbocycles. The number of nitrogens with two attached hydrogens (primary N) is 1. The van der Waals surface area contributed by atoms with E-state index in [9.17, 15) is 18.0 Å². The first kappa shape index (κ1) is 26.6. The Labute approximate surface area is 229 Å². The number of pyridine rings is 1. The molecule has 202 valence electrons. The lowest BCUT2D eigenvalue weighted by Gasteiger charge is -2.26. The molecule has 2 aliphatic heterocycles. The van der Waals surface area contributed by atoms with Crippen molar-refractivity contribution in [1.29, 1.82) is 0 Å². The number of carbonyl (C=O) groups is 2. The van der Waals surface area contributed by atoms with E-state index in [4.69, 9.17) is 22.1 Å². The van der Waals surface area contributed by atoms with Crippen molar-refractivity contribution in [1.82, 2.24) is 19.6 Å². The minimum absolute atomic E-state index is 0.0480. The summed E-state index contributed by atoms with van der Waals surface area (Å²) in [6, 6.07) is 3.26. The topological polar surface area (TPSA) is 148 Å². The smallest absolute Gasteiger partial charge is 0.328 e. The number of hydrogen-bond donors (Lipinski definition) is 2. The fourth-order valence-corrected chi connectivity index (χ4v) is 7.53. The summed E-state index contributed by atoms with van der Waals surface area (Å²) in [6.07, 6.45) is 5.27. The number of halogens is 1. The number of ether oxygens (including phenoxy) is 1. The molecule has 14 heteroatoms. The standard InChI is InChI=1S/C24H27ClN6O5S2/c1-36-23(33)19(11-15-10-14-4-6-27-21(26)16(14)12-17(15)25)31-9-5-18(22(31)32)29-38(34,35)20-13-28-24(37-20)30-7-2-3-8-30/h4,6,10,12-13,18-19,29H,2-3,5,7-9,11H2,1H3,(H2,26,27). The molecule has 2 saturated heterocycles. The van der Waals surface area contributed by atoms with Crippen LogP contribution in [-0.4, -0.2) is 74.0 Å². The lowest BCUT2D eigenvalue weighted by atomic mass is 10.0. The molecular weight excluding hydrogens is 552 g/mol. The van der Waals surface area contributed by atoms with Gasteiger partial charge in [0.1, 0.15) is 17.9 Å². The number of nitrogen functional groups attached to an aromatic ring is 1. The zero-order valence-corrected chi connectivity index (χ0v) is 23.0. The van der Waals surface area contributed by atoms with Gasteiger partial charge in [0, 0.05) is 42.7 Å². The van der Waals surface area contributed by atoms with Crippen LogP contribution in [0.2, 0.25) is 5.02 Å². The molecule has 2 unspecified atom stereocenters. The third-order valence-electron chi connectivity index (χ3n) is 6.88. The number of hydrogen-bond acceptors (Lipinski definition) is 10. The van der Waals surface area contributed by atoms with Crippen LogP contribution in [0.15, 0.2) is 34.8 Å². The van der Waals surface area contributed by atoms with Crippen molar-refractivity contribution in [3.63, 3.8) is 0 Å². The van der Waals surface area contributed by atoms with E-state index in [2.05, 4.69) is 19.6 Å². The van der Waals surface area contributed by atoms with Crippen molar-refractivity contribution in [3.05, 3.63) is 41.2 Å². The molecule has 2 aliphatic rings. The van der Waals surface area contributed by atoms with Crippen molar-refractivity contribution in [2.45, 2.75) is 42.0 Å². The normalized spacial score (nSPS) is 18.9. The van der Waals surface area contributed by atoms with Crippen LogP contribution in [0.5, 0.6) is 0 Å². The van der Waals surface area contributed by atoms with E-state index in [1.54, 1.807) is 24.4 Å². The number of nitrogens with one attached hydrogen (secondary N) is 1. The number of nitrogens with zero attached hydrogens (tertiary/aromatic N) is 4. The number of aromatic nitrogens is 2. The number of amides is 1. The van der Waals surface area contributed by atoms with Crippen LogP contribution >= 0.6 is 22.9 Å². The number of esters is 1. The van der Waals surface area contributed by atoms with Gasteiger partial charge in [-0.2, -0.15) is 4.72 Å². The second-order valence-corrected chi connectivity index (χ2v) is 12.6. The summed E-state index contributed by atoms with van der Waals surface area (Å²) in [5.41, 5.74) is 6.57. The summed E-state index contributed by atoms with van der Waals surface area (Å²) in [4.78, 5) is 37.8. The third-order valence-corrected chi connectivity index (χ3v) is 10.2. The Hall–Kier alpha value is -3.00. The molecule has 0 bridgehead atoms. The second-order valence-electron chi connectivity index (χ2n) is 9.25. The van der Waals surface area contributed by atoms with E-state index < -0.39 is 34.0 Å². The van der Waals surface area contributed by atoms with Crippen LogP contribution in [0.25, 0.3) is 10.8 Å². The maximum absolute atomic E-state index is 13.3. The molecule has 0 spiro atoms. The predicted molar refractivity (Wildman–Crippen MR) is 145 cm³/mol. The summed E-state index contributed by atoms with van der Waals surface area (Å²) < 4.78 is 33.7. The number of anilines is 2. The second kappa shape index (κ2) is 10.6. The van der Waals surface area contributed by atoms with E-state index in [-0.39, 0.29) is 23.6 Å². The Morgan fingerprint density at radius 2 is 2.05 bits per heavy atom. The first-order chi connectivity index (χ1) is 18.2. The molecule has 3 aromatic rings. The molecule has 5 rings (SSSR count). The maximum Gasteiger partial charge on any atom is 0.328 e. The van der Waals surface area contributed by atoms with Crippen molar-refractivity contribution in [2.75, 3.05) is 37.4 Å². The number of benzene rings is 1. The average molecular weight is 579 g/mol. The van der Waals surface area contributed by atoms with Gasteiger partial charge in [-0.3, -0.25) is 4.79 Å². The van der Waals surface area contributed by atoms with Gasteiger partial charge in [0.15, 0.2) is 9.34 Å². The summed E-state index contributed by atoms with van der Waals surface area (Å²) in [5, 5.41) is 2.49.